The number of aromatic nitrogens is 4. The fraction of sp³-hybridized carbons (Fsp3) is 0.571. The van der Waals surface area contributed by atoms with Gasteiger partial charge >= 0.3 is 0 Å². The highest BCUT2D eigenvalue weighted by Crippen LogP contribution is 2.36. The van der Waals surface area contributed by atoms with Crippen molar-refractivity contribution in [3.8, 4) is 17.4 Å². The van der Waals surface area contributed by atoms with Crippen LogP contribution in [0.5, 0.6) is 5.88 Å². The van der Waals surface area contributed by atoms with E-state index in [1.807, 2.05) is 0 Å². The molecule has 0 spiro atoms. The van der Waals surface area contributed by atoms with Crippen molar-refractivity contribution in [1.29, 1.82) is 0 Å². The van der Waals surface area contributed by atoms with E-state index in [1.54, 1.807) is 19.2 Å². The zero-order valence-electron chi connectivity index (χ0n) is 12.0. The molecule has 2 aromatic rings. The second-order valence-electron chi connectivity index (χ2n) is 5.30. The normalized spacial score (nSPS) is 22.2. The minimum absolute atomic E-state index is 0.260. The van der Waals surface area contributed by atoms with Crippen LogP contribution in [0.3, 0.4) is 0 Å². The van der Waals surface area contributed by atoms with Crippen LogP contribution in [0.2, 0.25) is 0 Å². The van der Waals surface area contributed by atoms with Gasteiger partial charge in [-0.15, -0.1) is 10.2 Å². The molecule has 3 rings (SSSR count). The zero-order chi connectivity index (χ0) is 14.7. The van der Waals surface area contributed by atoms with Crippen LogP contribution in [0.1, 0.15) is 37.5 Å². The summed E-state index contributed by atoms with van der Waals surface area (Å²) in [7, 11) is 1.55. The van der Waals surface area contributed by atoms with E-state index in [-0.39, 0.29) is 5.92 Å². The van der Waals surface area contributed by atoms with Crippen LogP contribution in [-0.4, -0.2) is 34.0 Å². The number of nitrogens with two attached hydrogens (primary N) is 1. The van der Waals surface area contributed by atoms with Crippen LogP contribution in [0, 0.1) is 5.92 Å². The predicted molar refractivity (Wildman–Crippen MR) is 75.6 cm³/mol. The Morgan fingerprint density at radius 2 is 2.14 bits per heavy atom. The van der Waals surface area contributed by atoms with E-state index in [9.17, 15) is 0 Å². The van der Waals surface area contributed by atoms with E-state index in [1.165, 1.54) is 12.8 Å². The predicted octanol–water partition coefficient (Wildman–Crippen LogP) is 1.77. The van der Waals surface area contributed by atoms with Crippen LogP contribution in [0.15, 0.2) is 16.7 Å². The Morgan fingerprint density at radius 1 is 1.29 bits per heavy atom. The maximum absolute atomic E-state index is 5.85. The van der Waals surface area contributed by atoms with Gasteiger partial charge < -0.3 is 15.0 Å². The molecule has 112 valence electrons. The Hall–Kier alpha value is -2.02. The fourth-order valence-corrected chi connectivity index (χ4v) is 2.85. The number of nitrogens with zero attached hydrogens (tertiary/aromatic N) is 4. The van der Waals surface area contributed by atoms with Crippen LogP contribution < -0.4 is 10.5 Å². The third-order valence-corrected chi connectivity index (χ3v) is 4.05. The van der Waals surface area contributed by atoms with Crippen molar-refractivity contribution in [2.24, 2.45) is 11.7 Å². The minimum Gasteiger partial charge on any atom is -0.480 e. The molecule has 0 saturated heterocycles. The average molecular weight is 289 g/mol. The van der Waals surface area contributed by atoms with Gasteiger partial charge in [-0.2, -0.15) is 4.98 Å². The number of hydrogen-bond donors (Lipinski definition) is 1. The van der Waals surface area contributed by atoms with Gasteiger partial charge in [0.2, 0.25) is 17.6 Å². The van der Waals surface area contributed by atoms with Gasteiger partial charge in [0.1, 0.15) is 5.69 Å². The Balaban J connectivity index is 1.81. The second kappa shape index (κ2) is 6.17. The number of methoxy groups -OCH3 is 1. The lowest BCUT2D eigenvalue weighted by molar-refractivity contribution is 0.249. The molecule has 2 N–H and O–H groups in total. The minimum atomic E-state index is 0.260. The molecule has 0 bridgehead atoms. The van der Waals surface area contributed by atoms with Crippen molar-refractivity contribution < 1.29 is 9.26 Å². The van der Waals surface area contributed by atoms with Crippen molar-refractivity contribution in [3.63, 3.8) is 0 Å². The molecular weight excluding hydrogens is 270 g/mol. The molecule has 0 aliphatic heterocycles. The first-order chi connectivity index (χ1) is 10.3. The van der Waals surface area contributed by atoms with Crippen LogP contribution in [0.4, 0.5) is 0 Å². The van der Waals surface area contributed by atoms with Gasteiger partial charge in [0, 0.05) is 12.0 Å². The van der Waals surface area contributed by atoms with Crippen LogP contribution in [-0.2, 0) is 0 Å². The molecule has 7 nitrogen and oxygen atoms in total. The number of ether oxygens (including phenoxy) is 1. The van der Waals surface area contributed by atoms with E-state index in [0.29, 0.717) is 35.8 Å². The quantitative estimate of drug-likeness (QED) is 0.915. The zero-order valence-corrected chi connectivity index (χ0v) is 12.0. The molecule has 7 heteroatoms. The molecule has 2 unspecified atom stereocenters. The molecule has 2 atom stereocenters. The molecule has 1 fully saturated rings. The molecular formula is C14H19N5O2. The maximum Gasteiger partial charge on any atom is 0.233 e. The summed E-state index contributed by atoms with van der Waals surface area (Å²) >= 11 is 0. The first-order valence-electron chi connectivity index (χ1n) is 7.23. The number of hydrogen-bond acceptors (Lipinski definition) is 7. The lowest BCUT2D eigenvalue weighted by Crippen LogP contribution is -2.25. The molecule has 21 heavy (non-hydrogen) atoms. The van der Waals surface area contributed by atoms with Crippen molar-refractivity contribution in [2.75, 3.05) is 13.7 Å². The summed E-state index contributed by atoms with van der Waals surface area (Å²) in [5, 5.41) is 12.0. The first-order valence-corrected chi connectivity index (χ1v) is 7.23. The van der Waals surface area contributed by atoms with Gasteiger partial charge in [-0.3, -0.25) is 0 Å². The van der Waals surface area contributed by atoms with Crippen molar-refractivity contribution in [2.45, 2.75) is 31.6 Å². The van der Waals surface area contributed by atoms with E-state index in [0.717, 1.165) is 12.8 Å². The molecule has 1 aliphatic carbocycles. The second-order valence-corrected chi connectivity index (χ2v) is 5.30. The Bertz CT molecular complexity index is 583. The molecule has 1 saturated carbocycles. The standard InChI is InChI=1S/C14H19N5O2/c1-20-12-7-6-11(17-18-12)13-16-14(21-19-13)10-5-3-2-4-9(10)8-15/h6-7,9-10H,2-5,8,15H2,1H3. The largest absolute Gasteiger partial charge is 0.480 e. The summed E-state index contributed by atoms with van der Waals surface area (Å²) in [6, 6.07) is 3.49. The fourth-order valence-electron chi connectivity index (χ4n) is 2.85. The SMILES string of the molecule is COc1ccc(-c2noc(C3CCCCC3CN)n2)nn1. The maximum atomic E-state index is 5.85. The molecule has 2 heterocycles. The molecule has 0 aromatic carbocycles. The molecule has 0 amide bonds. The van der Waals surface area contributed by atoms with E-state index in [2.05, 4.69) is 20.3 Å². The lowest BCUT2D eigenvalue weighted by Gasteiger charge is -2.27. The third-order valence-electron chi connectivity index (χ3n) is 4.05. The van der Waals surface area contributed by atoms with E-state index in [4.69, 9.17) is 15.0 Å². The summed E-state index contributed by atoms with van der Waals surface area (Å²) in [5.74, 6) is 2.27. The Labute approximate surface area is 122 Å². The van der Waals surface area contributed by atoms with Gasteiger partial charge in [-0.25, -0.2) is 0 Å². The summed E-state index contributed by atoms with van der Waals surface area (Å²) < 4.78 is 10.4. The molecule has 2 aromatic heterocycles. The van der Waals surface area contributed by atoms with Crippen LogP contribution in [0.25, 0.3) is 11.5 Å². The van der Waals surface area contributed by atoms with Gasteiger partial charge in [0.05, 0.1) is 7.11 Å². The highest BCUT2D eigenvalue weighted by Gasteiger charge is 2.30. The molecule has 1 aliphatic rings. The third kappa shape index (κ3) is 2.87. The van der Waals surface area contributed by atoms with Gasteiger partial charge in [0.25, 0.3) is 0 Å². The summed E-state index contributed by atoms with van der Waals surface area (Å²) in [6.45, 7) is 0.657. The molecule has 0 radical (unpaired) electrons. The Kier molecular flexibility index (Phi) is 4.10. The number of rotatable bonds is 4. The lowest BCUT2D eigenvalue weighted by atomic mass is 9.79. The monoisotopic (exact) mass is 289 g/mol. The van der Waals surface area contributed by atoms with E-state index < -0.39 is 0 Å². The van der Waals surface area contributed by atoms with E-state index >= 15 is 0 Å². The van der Waals surface area contributed by atoms with Gasteiger partial charge in [-0.1, -0.05) is 18.0 Å². The van der Waals surface area contributed by atoms with Crippen molar-refractivity contribution in [1.82, 2.24) is 20.3 Å². The first kappa shape index (κ1) is 13.9. The summed E-state index contributed by atoms with van der Waals surface area (Å²) in [5.41, 5.74) is 6.43. The average Bonchev–Trinajstić information content (AvgIpc) is 3.04. The highest BCUT2D eigenvalue weighted by molar-refractivity contribution is 5.47. The van der Waals surface area contributed by atoms with Crippen molar-refractivity contribution >= 4 is 0 Å². The summed E-state index contributed by atoms with van der Waals surface area (Å²) in [6.07, 6.45) is 4.59. The highest BCUT2D eigenvalue weighted by atomic mass is 16.5. The van der Waals surface area contributed by atoms with Gasteiger partial charge in [-0.05, 0) is 31.4 Å². The summed E-state index contributed by atoms with van der Waals surface area (Å²) in [4.78, 5) is 4.48. The van der Waals surface area contributed by atoms with Crippen LogP contribution >= 0.6 is 0 Å². The topological polar surface area (TPSA) is 100.0 Å². The van der Waals surface area contributed by atoms with Crippen molar-refractivity contribution in [3.05, 3.63) is 18.0 Å². The smallest absolute Gasteiger partial charge is 0.233 e. The Morgan fingerprint density at radius 3 is 2.86 bits per heavy atom. The van der Waals surface area contributed by atoms with Gasteiger partial charge in [0.15, 0.2) is 0 Å².